The third kappa shape index (κ3) is 7.30. The van der Waals surface area contributed by atoms with E-state index < -0.39 is 17.3 Å². The van der Waals surface area contributed by atoms with Crippen molar-refractivity contribution in [2.75, 3.05) is 24.2 Å². The van der Waals surface area contributed by atoms with E-state index in [4.69, 9.17) is 16.3 Å². The van der Waals surface area contributed by atoms with Gasteiger partial charge in [-0.3, -0.25) is 4.79 Å². The number of hydrogen-bond donors (Lipinski definition) is 2. The molecule has 0 aliphatic carbocycles. The van der Waals surface area contributed by atoms with E-state index in [1.807, 2.05) is 19.2 Å². The molecule has 0 saturated carbocycles. The van der Waals surface area contributed by atoms with Crippen molar-refractivity contribution in [1.29, 1.82) is 0 Å². The number of para-hydroxylation sites is 1. The first-order valence-electron chi connectivity index (χ1n) is 9.63. The molecule has 0 saturated heterocycles. The summed E-state index contributed by atoms with van der Waals surface area (Å²) in [5, 5.41) is 3.00. The van der Waals surface area contributed by atoms with Crippen LogP contribution in [-0.2, 0) is 6.18 Å². The van der Waals surface area contributed by atoms with Crippen LogP contribution < -0.4 is 14.8 Å². The Kier molecular flexibility index (Phi) is 9.43. The highest BCUT2D eigenvalue weighted by Gasteiger charge is 2.33. The molecule has 176 valence electrons. The molecule has 5 nitrogen and oxygen atoms in total. The predicted molar refractivity (Wildman–Crippen MR) is 128 cm³/mol. The Balaban J connectivity index is 0.000000257. The van der Waals surface area contributed by atoms with Crippen LogP contribution in [0.5, 0.6) is 5.75 Å². The van der Waals surface area contributed by atoms with Crippen molar-refractivity contribution in [1.82, 2.24) is 4.98 Å². The van der Waals surface area contributed by atoms with E-state index in [-0.39, 0.29) is 11.4 Å². The number of nitrogens with zero attached hydrogens (tertiary/aromatic N) is 1. The molecule has 33 heavy (non-hydrogen) atoms. The number of alkyl halides is 3. The number of methoxy groups -OCH3 is 1. The molecule has 0 aliphatic rings. The number of ether oxygens (including phenoxy) is 1. The molecular formula is C23H23ClF3N3O2S. The van der Waals surface area contributed by atoms with Crippen LogP contribution in [0.4, 0.5) is 24.5 Å². The molecule has 2 aromatic carbocycles. The second-order valence-corrected chi connectivity index (χ2v) is 8.03. The third-order valence-electron chi connectivity index (χ3n) is 4.53. The molecule has 10 heteroatoms. The van der Waals surface area contributed by atoms with Gasteiger partial charge in [0.25, 0.3) is 0 Å². The molecule has 0 unspecified atom stereocenters. The van der Waals surface area contributed by atoms with Gasteiger partial charge in [-0.25, -0.2) is 4.98 Å². The number of carbonyl (C=O) groups excluding carboxylic acids is 1. The lowest BCUT2D eigenvalue weighted by Gasteiger charge is -2.14. The zero-order valence-electron chi connectivity index (χ0n) is 18.4. The number of halogens is 4. The summed E-state index contributed by atoms with van der Waals surface area (Å²) >= 11 is 6.88. The zero-order valence-corrected chi connectivity index (χ0v) is 20.0. The molecule has 2 N–H and O–H groups in total. The topological polar surface area (TPSA) is 63.2 Å². The fraction of sp³-hybridized carbons (Fsp3) is 0.217. The third-order valence-corrected chi connectivity index (χ3v) is 5.58. The minimum absolute atomic E-state index is 0.0936. The second-order valence-electron chi connectivity index (χ2n) is 6.80. The van der Waals surface area contributed by atoms with Crippen molar-refractivity contribution in [3.05, 3.63) is 76.1 Å². The smallest absolute Gasteiger partial charge is 0.418 e. The van der Waals surface area contributed by atoms with Gasteiger partial charge in [0.1, 0.15) is 10.9 Å². The number of nitrogens with one attached hydrogen (secondary N) is 2. The number of aldehydes is 1. The van der Waals surface area contributed by atoms with Gasteiger partial charge in [-0.2, -0.15) is 13.2 Å². The summed E-state index contributed by atoms with van der Waals surface area (Å²) in [7, 11) is 3.60. The second kappa shape index (κ2) is 11.8. The Labute approximate surface area is 199 Å². The summed E-state index contributed by atoms with van der Waals surface area (Å²) in [5.74, 6) is 0.868. The Bertz CT molecular complexity index is 1090. The summed E-state index contributed by atoms with van der Waals surface area (Å²) < 4.78 is 45.2. The van der Waals surface area contributed by atoms with Crippen molar-refractivity contribution in [2.24, 2.45) is 0 Å². The molecule has 1 aromatic heterocycles. The van der Waals surface area contributed by atoms with Crippen LogP contribution in [0.3, 0.4) is 0 Å². The Hall–Kier alpha value is -2.91. The van der Waals surface area contributed by atoms with Crippen LogP contribution in [0.25, 0.3) is 0 Å². The monoisotopic (exact) mass is 497 g/mol. The van der Waals surface area contributed by atoms with E-state index in [9.17, 15) is 18.0 Å². The van der Waals surface area contributed by atoms with Crippen LogP contribution in [0.1, 0.15) is 27.0 Å². The standard InChI is InChI=1S/C16H20N2OS.C7H3ClF3NO/c1-11-6-5-7-12(2)16(11)18-20-15-10-13(17-3)8-9-14(15)19-4;8-6-1-4(3-13)5(2-12-6)7(9,10)11/h5-10,17-18H,1-4H3;1-3H. The van der Waals surface area contributed by atoms with Gasteiger partial charge in [-0.05, 0) is 61.2 Å². The number of benzene rings is 2. The largest absolute Gasteiger partial charge is 0.496 e. The van der Waals surface area contributed by atoms with Gasteiger partial charge >= 0.3 is 6.18 Å². The van der Waals surface area contributed by atoms with Gasteiger partial charge in [0.2, 0.25) is 0 Å². The van der Waals surface area contributed by atoms with Crippen LogP contribution in [0, 0.1) is 13.8 Å². The van der Waals surface area contributed by atoms with Crippen LogP contribution >= 0.6 is 23.5 Å². The lowest BCUT2D eigenvalue weighted by Crippen LogP contribution is -2.09. The van der Waals surface area contributed by atoms with Crippen molar-refractivity contribution in [2.45, 2.75) is 24.9 Å². The number of pyridine rings is 1. The van der Waals surface area contributed by atoms with Gasteiger partial charge in [-0.1, -0.05) is 29.8 Å². The van der Waals surface area contributed by atoms with Crippen LogP contribution in [-0.4, -0.2) is 25.4 Å². The maximum Gasteiger partial charge on any atom is 0.418 e. The van der Waals surface area contributed by atoms with Gasteiger partial charge in [0.15, 0.2) is 6.29 Å². The molecule has 0 atom stereocenters. The molecule has 0 radical (unpaired) electrons. The minimum Gasteiger partial charge on any atom is -0.496 e. The molecule has 0 amide bonds. The summed E-state index contributed by atoms with van der Waals surface area (Å²) in [4.78, 5) is 14.5. The Morgan fingerprint density at radius 2 is 1.79 bits per heavy atom. The van der Waals surface area contributed by atoms with E-state index in [2.05, 4.69) is 53.1 Å². The van der Waals surface area contributed by atoms with Crippen molar-refractivity contribution in [3.8, 4) is 5.75 Å². The molecule has 0 spiro atoms. The number of aryl methyl sites for hydroxylation is 2. The van der Waals surface area contributed by atoms with Crippen LogP contribution in [0.15, 0.2) is 53.6 Å². The average molecular weight is 498 g/mol. The number of carbonyl (C=O) groups is 1. The molecule has 0 aliphatic heterocycles. The first kappa shape index (κ1) is 26.3. The fourth-order valence-electron chi connectivity index (χ4n) is 2.77. The number of rotatable bonds is 6. The SMILES string of the molecule is CNc1ccc(OC)c(SNc2c(C)cccc2C)c1.O=Cc1cc(Cl)ncc1C(F)(F)F. The molecule has 0 fully saturated rings. The van der Waals surface area contributed by atoms with Gasteiger partial charge in [0.05, 0.1) is 23.3 Å². The summed E-state index contributed by atoms with van der Waals surface area (Å²) in [5.41, 5.74) is 3.12. The van der Waals surface area contributed by atoms with E-state index in [1.165, 1.54) is 11.1 Å². The van der Waals surface area contributed by atoms with Crippen molar-refractivity contribution < 1.29 is 22.7 Å². The minimum atomic E-state index is -4.58. The van der Waals surface area contributed by atoms with E-state index in [0.717, 1.165) is 28.1 Å². The lowest BCUT2D eigenvalue weighted by molar-refractivity contribution is -0.138. The molecule has 3 rings (SSSR count). The first-order chi connectivity index (χ1) is 15.6. The first-order valence-corrected chi connectivity index (χ1v) is 10.8. The van der Waals surface area contributed by atoms with E-state index in [1.54, 1.807) is 19.1 Å². The molecular weight excluding hydrogens is 475 g/mol. The quantitative estimate of drug-likeness (QED) is 0.216. The van der Waals surface area contributed by atoms with Crippen molar-refractivity contribution >= 4 is 41.2 Å². The Morgan fingerprint density at radius 3 is 2.33 bits per heavy atom. The Morgan fingerprint density at radius 1 is 1.12 bits per heavy atom. The highest BCUT2D eigenvalue weighted by Crippen LogP contribution is 2.34. The zero-order chi connectivity index (χ0) is 24.6. The number of hydrogen-bond acceptors (Lipinski definition) is 6. The van der Waals surface area contributed by atoms with Crippen molar-refractivity contribution in [3.63, 3.8) is 0 Å². The summed E-state index contributed by atoms with van der Waals surface area (Å²) in [6.45, 7) is 4.22. The van der Waals surface area contributed by atoms with Gasteiger partial charge in [-0.15, -0.1) is 0 Å². The van der Waals surface area contributed by atoms with E-state index in [0.29, 0.717) is 6.20 Å². The maximum absolute atomic E-state index is 12.1. The normalized spacial score (nSPS) is 10.7. The number of aromatic nitrogens is 1. The lowest BCUT2D eigenvalue weighted by atomic mass is 10.1. The van der Waals surface area contributed by atoms with Gasteiger partial charge in [0, 0.05) is 24.5 Å². The van der Waals surface area contributed by atoms with E-state index >= 15 is 0 Å². The highest BCUT2D eigenvalue weighted by atomic mass is 35.5. The predicted octanol–water partition coefficient (Wildman–Crippen LogP) is 7.04. The van der Waals surface area contributed by atoms with Gasteiger partial charge < -0.3 is 14.8 Å². The molecule has 3 aromatic rings. The maximum atomic E-state index is 12.1. The fourth-order valence-corrected chi connectivity index (χ4v) is 3.91. The molecule has 1 heterocycles. The number of anilines is 2. The average Bonchev–Trinajstić information content (AvgIpc) is 2.78. The summed E-state index contributed by atoms with van der Waals surface area (Å²) in [6, 6.07) is 13.2. The highest BCUT2D eigenvalue weighted by molar-refractivity contribution is 8.00. The summed E-state index contributed by atoms with van der Waals surface area (Å²) in [6.07, 6.45) is -3.95. The molecule has 0 bridgehead atoms. The van der Waals surface area contributed by atoms with Crippen LogP contribution in [0.2, 0.25) is 5.15 Å².